The minimum atomic E-state index is -1.61. The first-order valence-electron chi connectivity index (χ1n) is 6.27. The second kappa shape index (κ2) is 5.17. The van der Waals surface area contributed by atoms with Crippen molar-refractivity contribution in [2.24, 2.45) is 0 Å². The first-order chi connectivity index (χ1) is 7.26. The van der Waals surface area contributed by atoms with Crippen molar-refractivity contribution in [3.63, 3.8) is 0 Å². The van der Waals surface area contributed by atoms with Gasteiger partial charge in [0.15, 0.2) is 8.32 Å². The fourth-order valence-electron chi connectivity index (χ4n) is 1.83. The highest BCUT2D eigenvalue weighted by Crippen LogP contribution is 2.38. The lowest BCUT2D eigenvalue weighted by Gasteiger charge is -2.38. The molecule has 0 aromatic carbocycles. The number of β-amino-alcohol motifs (C(OH)–C–C–N with tert-alkyl or cyclic N) is 1. The molecule has 1 rings (SSSR count). The van der Waals surface area contributed by atoms with Gasteiger partial charge in [-0.15, -0.1) is 0 Å². The summed E-state index contributed by atoms with van der Waals surface area (Å²) in [5, 5.41) is 9.19. The van der Waals surface area contributed by atoms with Crippen molar-refractivity contribution in [1.29, 1.82) is 0 Å². The summed E-state index contributed by atoms with van der Waals surface area (Å²) in [6.07, 6.45) is 1.50. The first-order valence-corrected chi connectivity index (χ1v) is 9.18. The molecule has 0 aromatic rings. The summed E-state index contributed by atoms with van der Waals surface area (Å²) in [6, 6.07) is 0. The summed E-state index contributed by atoms with van der Waals surface area (Å²) in [5.41, 5.74) is 0. The first kappa shape index (κ1) is 14.2. The molecular formula is C12H27NO2Si. The summed E-state index contributed by atoms with van der Waals surface area (Å²) in [7, 11) is -1.61. The van der Waals surface area contributed by atoms with Crippen LogP contribution >= 0.6 is 0 Å². The zero-order valence-electron chi connectivity index (χ0n) is 11.4. The van der Waals surface area contributed by atoms with Crippen LogP contribution in [0.2, 0.25) is 18.1 Å². The van der Waals surface area contributed by atoms with Crippen molar-refractivity contribution in [1.82, 2.24) is 4.90 Å². The Morgan fingerprint density at radius 3 is 2.50 bits per heavy atom. The molecule has 1 aliphatic rings. The number of hydrogen-bond acceptors (Lipinski definition) is 3. The average molecular weight is 245 g/mol. The normalized spacial score (nSPS) is 24.0. The standard InChI is InChI=1S/C12H27NO2Si/c1-12(2,3)16(4,5)15-11-6-7-13(10-11)8-9-14/h11,14H,6-10H2,1-5H3/t11-/m0/s1. The second-order valence-corrected chi connectivity index (χ2v) is 11.1. The van der Waals surface area contributed by atoms with E-state index in [9.17, 15) is 0 Å². The van der Waals surface area contributed by atoms with Crippen LogP contribution in [0.1, 0.15) is 27.2 Å². The third-order valence-electron chi connectivity index (χ3n) is 3.91. The summed E-state index contributed by atoms with van der Waals surface area (Å²) in [5.74, 6) is 0. The number of likely N-dealkylation sites (tertiary alicyclic amines) is 1. The van der Waals surface area contributed by atoms with Gasteiger partial charge in [-0.05, 0) is 24.6 Å². The van der Waals surface area contributed by atoms with Crippen LogP contribution in [0.25, 0.3) is 0 Å². The van der Waals surface area contributed by atoms with Crippen molar-refractivity contribution in [3.8, 4) is 0 Å². The Balaban J connectivity index is 2.45. The molecular weight excluding hydrogens is 218 g/mol. The van der Waals surface area contributed by atoms with Crippen LogP contribution in [0.3, 0.4) is 0 Å². The zero-order valence-corrected chi connectivity index (χ0v) is 12.4. The van der Waals surface area contributed by atoms with Crippen LogP contribution in [0.4, 0.5) is 0 Å². The molecule has 0 radical (unpaired) electrons. The quantitative estimate of drug-likeness (QED) is 0.770. The fourth-order valence-corrected chi connectivity index (χ4v) is 3.21. The fraction of sp³-hybridized carbons (Fsp3) is 1.00. The maximum atomic E-state index is 8.90. The molecule has 1 heterocycles. The molecule has 1 aliphatic heterocycles. The van der Waals surface area contributed by atoms with E-state index in [1.807, 2.05) is 0 Å². The third kappa shape index (κ3) is 3.55. The number of rotatable bonds is 4. The highest BCUT2D eigenvalue weighted by molar-refractivity contribution is 6.74. The number of hydrogen-bond donors (Lipinski definition) is 1. The van der Waals surface area contributed by atoms with E-state index < -0.39 is 8.32 Å². The lowest BCUT2D eigenvalue weighted by molar-refractivity contribution is 0.168. The van der Waals surface area contributed by atoms with Gasteiger partial charge in [-0.25, -0.2) is 0 Å². The molecule has 1 atom stereocenters. The zero-order chi connectivity index (χ0) is 12.4. The van der Waals surface area contributed by atoms with Gasteiger partial charge in [0.25, 0.3) is 0 Å². The van der Waals surface area contributed by atoms with Gasteiger partial charge in [0.2, 0.25) is 0 Å². The highest BCUT2D eigenvalue weighted by atomic mass is 28.4. The van der Waals surface area contributed by atoms with Gasteiger partial charge in [0.1, 0.15) is 0 Å². The van der Waals surface area contributed by atoms with Gasteiger partial charge in [0, 0.05) is 19.6 Å². The minimum Gasteiger partial charge on any atom is -0.413 e. The maximum Gasteiger partial charge on any atom is 0.192 e. The van der Waals surface area contributed by atoms with Crippen LogP contribution in [0, 0.1) is 0 Å². The lowest BCUT2D eigenvalue weighted by Crippen LogP contribution is -2.44. The monoisotopic (exact) mass is 245 g/mol. The van der Waals surface area contributed by atoms with E-state index in [1.165, 1.54) is 0 Å². The molecule has 0 saturated carbocycles. The van der Waals surface area contributed by atoms with Gasteiger partial charge in [0.05, 0.1) is 12.7 Å². The van der Waals surface area contributed by atoms with Crippen molar-refractivity contribution < 1.29 is 9.53 Å². The lowest BCUT2D eigenvalue weighted by atomic mass is 10.2. The predicted octanol–water partition coefficient (Wildman–Crippen LogP) is 2.07. The molecule has 16 heavy (non-hydrogen) atoms. The molecule has 0 aromatic heterocycles. The Labute approximate surface area is 101 Å². The van der Waals surface area contributed by atoms with E-state index in [0.717, 1.165) is 26.1 Å². The Kier molecular flexibility index (Phi) is 4.57. The minimum absolute atomic E-state index is 0.257. The maximum absolute atomic E-state index is 8.90. The Morgan fingerprint density at radius 1 is 1.38 bits per heavy atom. The Hall–Kier alpha value is 0.0969. The molecule has 0 aliphatic carbocycles. The molecule has 0 amide bonds. The molecule has 0 bridgehead atoms. The largest absolute Gasteiger partial charge is 0.413 e. The van der Waals surface area contributed by atoms with Crippen molar-refractivity contribution in [2.75, 3.05) is 26.2 Å². The van der Waals surface area contributed by atoms with E-state index in [0.29, 0.717) is 6.10 Å². The number of aliphatic hydroxyl groups is 1. The summed E-state index contributed by atoms with van der Waals surface area (Å²) in [4.78, 5) is 2.29. The van der Waals surface area contributed by atoms with Crippen LogP contribution in [0.15, 0.2) is 0 Å². The van der Waals surface area contributed by atoms with E-state index >= 15 is 0 Å². The summed E-state index contributed by atoms with van der Waals surface area (Å²) < 4.78 is 6.36. The van der Waals surface area contributed by atoms with E-state index in [2.05, 4.69) is 38.8 Å². The molecule has 0 unspecified atom stereocenters. The molecule has 1 fully saturated rings. The van der Waals surface area contributed by atoms with Crippen LogP contribution in [-0.2, 0) is 4.43 Å². The third-order valence-corrected chi connectivity index (χ3v) is 8.45. The van der Waals surface area contributed by atoms with Gasteiger partial charge < -0.3 is 9.53 Å². The van der Waals surface area contributed by atoms with Gasteiger partial charge in [-0.1, -0.05) is 20.8 Å². The second-order valence-electron chi connectivity index (χ2n) is 6.31. The topological polar surface area (TPSA) is 32.7 Å². The van der Waals surface area contributed by atoms with Crippen LogP contribution in [0.5, 0.6) is 0 Å². The smallest absolute Gasteiger partial charge is 0.192 e. The van der Waals surface area contributed by atoms with Crippen molar-refractivity contribution in [2.45, 2.75) is 51.4 Å². The summed E-state index contributed by atoms with van der Waals surface area (Å²) >= 11 is 0. The van der Waals surface area contributed by atoms with Gasteiger partial charge in [-0.2, -0.15) is 0 Å². The van der Waals surface area contributed by atoms with E-state index in [-0.39, 0.29) is 11.6 Å². The predicted molar refractivity (Wildman–Crippen MR) is 70.2 cm³/mol. The number of nitrogens with zero attached hydrogens (tertiary/aromatic N) is 1. The molecule has 96 valence electrons. The molecule has 1 N–H and O–H groups in total. The SMILES string of the molecule is CC(C)(C)[Si](C)(C)O[C@H]1CCN(CCO)C1. The summed E-state index contributed by atoms with van der Waals surface area (Å²) in [6.45, 7) is 14.6. The van der Waals surface area contributed by atoms with Crippen LogP contribution in [-0.4, -0.2) is 50.7 Å². The Morgan fingerprint density at radius 2 is 2.00 bits per heavy atom. The molecule has 4 heteroatoms. The molecule has 0 spiro atoms. The molecule has 3 nitrogen and oxygen atoms in total. The van der Waals surface area contributed by atoms with E-state index in [1.54, 1.807) is 0 Å². The van der Waals surface area contributed by atoms with Gasteiger partial charge in [-0.3, -0.25) is 4.90 Å². The van der Waals surface area contributed by atoms with Crippen LogP contribution < -0.4 is 0 Å². The molecule has 1 saturated heterocycles. The van der Waals surface area contributed by atoms with Gasteiger partial charge >= 0.3 is 0 Å². The highest BCUT2D eigenvalue weighted by Gasteiger charge is 2.40. The average Bonchev–Trinajstić information content (AvgIpc) is 2.50. The van der Waals surface area contributed by atoms with Crippen molar-refractivity contribution in [3.05, 3.63) is 0 Å². The van der Waals surface area contributed by atoms with E-state index in [4.69, 9.17) is 9.53 Å². The Bertz CT molecular complexity index is 226. The van der Waals surface area contributed by atoms with Crippen molar-refractivity contribution >= 4 is 8.32 Å². The number of aliphatic hydroxyl groups excluding tert-OH is 1.